The van der Waals surface area contributed by atoms with Crippen LogP contribution in [0, 0.1) is 0 Å². The Balaban J connectivity index is 1.85. The fraction of sp³-hybridized carbons (Fsp3) is 0.636. The SMILES string of the molecule is CCOC(=O)N(CCc1nccs1)C1CC1. The molecule has 0 saturated heterocycles. The van der Waals surface area contributed by atoms with Gasteiger partial charge in [-0.1, -0.05) is 0 Å². The number of carbonyl (C=O) groups is 1. The van der Waals surface area contributed by atoms with Gasteiger partial charge in [0.15, 0.2) is 0 Å². The molecule has 0 spiro atoms. The van der Waals surface area contributed by atoms with Crippen molar-refractivity contribution in [3.05, 3.63) is 16.6 Å². The van der Waals surface area contributed by atoms with Crippen molar-refractivity contribution < 1.29 is 9.53 Å². The van der Waals surface area contributed by atoms with E-state index in [9.17, 15) is 4.79 Å². The first kappa shape index (κ1) is 11.4. The largest absolute Gasteiger partial charge is 0.450 e. The van der Waals surface area contributed by atoms with Crippen LogP contribution in [0.2, 0.25) is 0 Å². The third kappa shape index (κ3) is 2.95. The maximum absolute atomic E-state index is 11.7. The summed E-state index contributed by atoms with van der Waals surface area (Å²) in [6.45, 7) is 3.00. The van der Waals surface area contributed by atoms with Crippen LogP contribution < -0.4 is 0 Å². The van der Waals surface area contributed by atoms with Crippen LogP contribution in [-0.4, -0.2) is 35.2 Å². The van der Waals surface area contributed by atoms with Crippen LogP contribution in [0.1, 0.15) is 24.8 Å². The summed E-state index contributed by atoms with van der Waals surface area (Å²) in [6.07, 6.45) is 4.66. The Morgan fingerprint density at radius 3 is 3.06 bits per heavy atom. The molecule has 1 saturated carbocycles. The number of hydrogen-bond acceptors (Lipinski definition) is 4. The van der Waals surface area contributed by atoms with Gasteiger partial charge in [0.2, 0.25) is 0 Å². The van der Waals surface area contributed by atoms with Crippen molar-refractivity contribution in [2.45, 2.75) is 32.2 Å². The number of aromatic nitrogens is 1. The minimum absolute atomic E-state index is 0.179. The Labute approximate surface area is 99.2 Å². The number of carbonyl (C=O) groups excluding carboxylic acids is 1. The standard InChI is InChI=1S/C11H16N2O2S/c1-2-15-11(14)13(9-3-4-9)7-5-10-12-6-8-16-10/h6,8-9H,2-5,7H2,1H3. The first-order valence-electron chi connectivity index (χ1n) is 5.63. The van der Waals surface area contributed by atoms with E-state index in [1.807, 2.05) is 17.2 Å². The van der Waals surface area contributed by atoms with Crippen molar-refractivity contribution >= 4 is 17.4 Å². The summed E-state index contributed by atoms with van der Waals surface area (Å²) in [7, 11) is 0. The van der Waals surface area contributed by atoms with Crippen molar-refractivity contribution in [2.75, 3.05) is 13.2 Å². The van der Waals surface area contributed by atoms with E-state index in [1.54, 1.807) is 17.5 Å². The highest BCUT2D eigenvalue weighted by Crippen LogP contribution is 2.27. The first-order valence-corrected chi connectivity index (χ1v) is 6.51. The molecule has 0 unspecified atom stereocenters. The smallest absolute Gasteiger partial charge is 0.410 e. The Morgan fingerprint density at radius 1 is 1.69 bits per heavy atom. The fourth-order valence-corrected chi connectivity index (χ4v) is 2.22. The van der Waals surface area contributed by atoms with Gasteiger partial charge in [0.1, 0.15) is 0 Å². The van der Waals surface area contributed by atoms with E-state index in [1.165, 1.54) is 0 Å². The normalized spacial score (nSPS) is 14.8. The van der Waals surface area contributed by atoms with E-state index >= 15 is 0 Å². The Kier molecular flexibility index (Phi) is 3.77. The topological polar surface area (TPSA) is 42.4 Å². The third-order valence-corrected chi connectivity index (χ3v) is 3.38. The molecular weight excluding hydrogens is 224 g/mol. The lowest BCUT2D eigenvalue weighted by atomic mass is 10.4. The summed E-state index contributed by atoms with van der Waals surface area (Å²) in [5.74, 6) is 0. The van der Waals surface area contributed by atoms with Crippen LogP contribution in [0.5, 0.6) is 0 Å². The van der Waals surface area contributed by atoms with E-state index in [4.69, 9.17) is 4.74 Å². The number of hydrogen-bond donors (Lipinski definition) is 0. The highest BCUT2D eigenvalue weighted by molar-refractivity contribution is 7.09. The van der Waals surface area contributed by atoms with E-state index in [0.29, 0.717) is 12.6 Å². The molecule has 1 aliphatic rings. The quantitative estimate of drug-likeness (QED) is 0.793. The predicted octanol–water partition coefficient (Wildman–Crippen LogP) is 2.31. The van der Waals surface area contributed by atoms with Crippen molar-refractivity contribution in [3.8, 4) is 0 Å². The average molecular weight is 240 g/mol. The van der Waals surface area contributed by atoms with Crippen LogP contribution in [0.25, 0.3) is 0 Å². The molecule has 1 heterocycles. The van der Waals surface area contributed by atoms with Gasteiger partial charge >= 0.3 is 6.09 Å². The molecular formula is C11H16N2O2S. The minimum atomic E-state index is -0.179. The second-order valence-corrected chi connectivity index (χ2v) is 4.78. The molecule has 0 N–H and O–H groups in total. The zero-order valence-electron chi connectivity index (χ0n) is 9.39. The van der Waals surface area contributed by atoms with E-state index < -0.39 is 0 Å². The lowest BCUT2D eigenvalue weighted by Crippen LogP contribution is -2.35. The summed E-state index contributed by atoms with van der Waals surface area (Å²) in [5.41, 5.74) is 0. The second-order valence-electron chi connectivity index (χ2n) is 3.80. The Bertz CT molecular complexity index is 336. The van der Waals surface area contributed by atoms with Gasteiger partial charge in [-0.15, -0.1) is 11.3 Å². The van der Waals surface area contributed by atoms with Gasteiger partial charge in [0, 0.05) is 30.6 Å². The summed E-state index contributed by atoms with van der Waals surface area (Å²) in [4.78, 5) is 17.7. The summed E-state index contributed by atoms with van der Waals surface area (Å²) in [6, 6.07) is 0.402. The molecule has 2 rings (SSSR count). The average Bonchev–Trinajstić information content (AvgIpc) is 2.95. The predicted molar refractivity (Wildman–Crippen MR) is 62.6 cm³/mol. The van der Waals surface area contributed by atoms with Gasteiger partial charge in [-0.3, -0.25) is 0 Å². The number of rotatable bonds is 5. The third-order valence-electron chi connectivity index (χ3n) is 2.54. The molecule has 5 heteroatoms. The van der Waals surface area contributed by atoms with Gasteiger partial charge in [0.05, 0.1) is 11.6 Å². The first-order chi connectivity index (χ1) is 7.81. The summed E-state index contributed by atoms with van der Waals surface area (Å²) in [5, 5.41) is 3.04. The molecule has 0 atom stereocenters. The van der Waals surface area contributed by atoms with Crippen LogP contribution in [-0.2, 0) is 11.2 Å². The molecule has 4 nitrogen and oxygen atoms in total. The maximum atomic E-state index is 11.7. The number of ether oxygens (including phenoxy) is 1. The highest BCUT2D eigenvalue weighted by Gasteiger charge is 2.33. The highest BCUT2D eigenvalue weighted by atomic mass is 32.1. The molecule has 88 valence electrons. The van der Waals surface area contributed by atoms with Gasteiger partial charge in [0.25, 0.3) is 0 Å². The Hall–Kier alpha value is -1.10. The van der Waals surface area contributed by atoms with Gasteiger partial charge in [-0.2, -0.15) is 0 Å². The lowest BCUT2D eigenvalue weighted by molar-refractivity contribution is 0.105. The summed E-state index contributed by atoms with van der Waals surface area (Å²) >= 11 is 1.63. The molecule has 1 aromatic rings. The van der Waals surface area contributed by atoms with E-state index in [2.05, 4.69) is 4.98 Å². The van der Waals surface area contributed by atoms with Gasteiger partial charge in [-0.25, -0.2) is 9.78 Å². The molecule has 0 bridgehead atoms. The zero-order chi connectivity index (χ0) is 11.4. The van der Waals surface area contributed by atoms with Crippen LogP contribution in [0.3, 0.4) is 0 Å². The summed E-state index contributed by atoms with van der Waals surface area (Å²) < 4.78 is 5.05. The fourth-order valence-electron chi connectivity index (χ4n) is 1.61. The van der Waals surface area contributed by atoms with Crippen LogP contribution >= 0.6 is 11.3 Å². The molecule has 1 aliphatic carbocycles. The zero-order valence-corrected chi connectivity index (χ0v) is 10.2. The molecule has 0 radical (unpaired) electrons. The van der Waals surface area contributed by atoms with E-state index in [0.717, 1.165) is 30.8 Å². The number of thiazole rings is 1. The number of amides is 1. The van der Waals surface area contributed by atoms with Crippen LogP contribution in [0.15, 0.2) is 11.6 Å². The minimum Gasteiger partial charge on any atom is -0.450 e. The van der Waals surface area contributed by atoms with E-state index in [-0.39, 0.29) is 6.09 Å². The van der Waals surface area contributed by atoms with Gasteiger partial charge < -0.3 is 9.64 Å². The molecule has 1 fully saturated rings. The monoisotopic (exact) mass is 240 g/mol. The molecule has 16 heavy (non-hydrogen) atoms. The Morgan fingerprint density at radius 2 is 2.50 bits per heavy atom. The van der Waals surface area contributed by atoms with Crippen molar-refractivity contribution in [3.63, 3.8) is 0 Å². The molecule has 0 aromatic carbocycles. The lowest BCUT2D eigenvalue weighted by Gasteiger charge is -2.20. The van der Waals surface area contributed by atoms with Crippen molar-refractivity contribution in [1.29, 1.82) is 0 Å². The van der Waals surface area contributed by atoms with Crippen molar-refractivity contribution in [2.24, 2.45) is 0 Å². The van der Waals surface area contributed by atoms with Gasteiger partial charge in [-0.05, 0) is 19.8 Å². The molecule has 0 aliphatic heterocycles. The van der Waals surface area contributed by atoms with Crippen molar-refractivity contribution in [1.82, 2.24) is 9.88 Å². The molecule has 1 aromatic heterocycles. The second kappa shape index (κ2) is 5.30. The molecule has 1 amide bonds. The number of nitrogens with zero attached hydrogens (tertiary/aromatic N) is 2. The van der Waals surface area contributed by atoms with Crippen LogP contribution in [0.4, 0.5) is 4.79 Å². The maximum Gasteiger partial charge on any atom is 0.410 e.